The van der Waals surface area contributed by atoms with Crippen molar-refractivity contribution in [3.63, 3.8) is 0 Å². The molecule has 0 fully saturated rings. The van der Waals surface area contributed by atoms with E-state index in [-0.39, 0.29) is 11.7 Å². The van der Waals surface area contributed by atoms with Crippen molar-refractivity contribution in [2.75, 3.05) is 7.11 Å². The summed E-state index contributed by atoms with van der Waals surface area (Å²) in [6.07, 6.45) is 0. The Morgan fingerprint density at radius 3 is 2.35 bits per heavy atom. The molecule has 0 saturated heterocycles. The van der Waals surface area contributed by atoms with Crippen LogP contribution in [0.5, 0.6) is 5.75 Å². The number of benzene rings is 1. The molecule has 17 heavy (non-hydrogen) atoms. The predicted octanol–water partition coefficient (Wildman–Crippen LogP) is 2.49. The minimum Gasteiger partial charge on any atom is -0.496 e. The molecule has 1 atom stereocenters. The van der Waals surface area contributed by atoms with E-state index in [1.54, 1.807) is 6.92 Å². The van der Waals surface area contributed by atoms with E-state index in [9.17, 15) is 9.18 Å². The van der Waals surface area contributed by atoms with Crippen LogP contribution in [0.4, 0.5) is 4.39 Å². The Balaban J connectivity index is 3.46. The van der Waals surface area contributed by atoms with E-state index >= 15 is 0 Å². The number of rotatable bonds is 4. The Bertz CT molecular complexity index is 428. The van der Waals surface area contributed by atoms with Crippen LogP contribution >= 0.6 is 0 Å². The topological polar surface area (TPSA) is 52.3 Å². The number of carbonyl (C=O) groups excluding carboxylic acids is 1. The number of nitrogens with two attached hydrogens (primary N) is 1. The number of Topliss-reactive ketones (excluding diaryl/α,β-unsaturated/α-hetero) is 1. The summed E-state index contributed by atoms with van der Waals surface area (Å²) in [5, 5.41) is 0. The van der Waals surface area contributed by atoms with Gasteiger partial charge in [0.2, 0.25) is 0 Å². The summed E-state index contributed by atoms with van der Waals surface area (Å²) in [4.78, 5) is 11.9. The van der Waals surface area contributed by atoms with Crippen molar-refractivity contribution >= 4 is 5.78 Å². The third-order valence-corrected chi connectivity index (χ3v) is 2.58. The SMILES string of the molecule is COc1cc(F)cc(C(=O)C(C)N)c1C(C)C. The van der Waals surface area contributed by atoms with Gasteiger partial charge in [0.05, 0.1) is 13.2 Å². The lowest BCUT2D eigenvalue weighted by molar-refractivity contribution is 0.0965. The highest BCUT2D eigenvalue weighted by Gasteiger charge is 2.21. The lowest BCUT2D eigenvalue weighted by atomic mass is 9.91. The van der Waals surface area contributed by atoms with Crippen LogP contribution in [0, 0.1) is 5.82 Å². The summed E-state index contributed by atoms with van der Waals surface area (Å²) in [5.74, 6) is -0.311. The molecule has 0 bridgehead atoms. The van der Waals surface area contributed by atoms with Gasteiger partial charge < -0.3 is 10.5 Å². The van der Waals surface area contributed by atoms with E-state index in [2.05, 4.69) is 0 Å². The van der Waals surface area contributed by atoms with Gasteiger partial charge in [-0.25, -0.2) is 4.39 Å². The first-order valence-electron chi connectivity index (χ1n) is 5.55. The zero-order valence-corrected chi connectivity index (χ0v) is 10.6. The van der Waals surface area contributed by atoms with Crippen LogP contribution in [0.2, 0.25) is 0 Å². The zero-order chi connectivity index (χ0) is 13.2. The molecule has 0 aromatic heterocycles. The van der Waals surface area contributed by atoms with E-state index in [0.717, 1.165) is 0 Å². The Hall–Kier alpha value is -1.42. The molecule has 0 spiro atoms. The van der Waals surface area contributed by atoms with Gasteiger partial charge in [0.25, 0.3) is 0 Å². The van der Waals surface area contributed by atoms with Gasteiger partial charge in [0, 0.05) is 17.2 Å². The lowest BCUT2D eigenvalue weighted by Crippen LogP contribution is -2.28. The second-order valence-electron chi connectivity index (χ2n) is 4.38. The molecule has 0 aliphatic carbocycles. The van der Waals surface area contributed by atoms with E-state index in [1.807, 2.05) is 13.8 Å². The number of carbonyl (C=O) groups is 1. The third kappa shape index (κ3) is 2.82. The Morgan fingerprint density at radius 1 is 1.35 bits per heavy atom. The molecule has 2 N–H and O–H groups in total. The Kier molecular flexibility index (Phi) is 4.23. The van der Waals surface area contributed by atoms with E-state index < -0.39 is 11.9 Å². The largest absolute Gasteiger partial charge is 0.496 e. The quantitative estimate of drug-likeness (QED) is 0.821. The fraction of sp³-hybridized carbons (Fsp3) is 0.462. The zero-order valence-electron chi connectivity index (χ0n) is 10.6. The van der Waals surface area contributed by atoms with Gasteiger partial charge in [0.15, 0.2) is 5.78 Å². The molecule has 3 nitrogen and oxygen atoms in total. The summed E-state index contributed by atoms with van der Waals surface area (Å²) in [7, 11) is 1.46. The van der Waals surface area contributed by atoms with E-state index in [1.165, 1.54) is 19.2 Å². The van der Waals surface area contributed by atoms with Gasteiger partial charge in [-0.15, -0.1) is 0 Å². The van der Waals surface area contributed by atoms with Crippen LogP contribution in [-0.4, -0.2) is 18.9 Å². The minimum absolute atomic E-state index is 0.0586. The van der Waals surface area contributed by atoms with Crippen molar-refractivity contribution < 1.29 is 13.9 Å². The standard InChI is InChI=1S/C13H18FNO2/c1-7(2)12-10(13(16)8(3)15)5-9(14)6-11(12)17-4/h5-8H,15H2,1-4H3. The van der Waals surface area contributed by atoms with Gasteiger partial charge >= 0.3 is 0 Å². The van der Waals surface area contributed by atoms with E-state index in [4.69, 9.17) is 10.5 Å². The molecule has 0 radical (unpaired) electrons. The van der Waals surface area contributed by atoms with Gasteiger partial charge in [-0.3, -0.25) is 4.79 Å². The van der Waals surface area contributed by atoms with Crippen molar-refractivity contribution in [3.05, 3.63) is 29.1 Å². The number of ketones is 1. The monoisotopic (exact) mass is 239 g/mol. The molecule has 1 unspecified atom stereocenters. The predicted molar refractivity (Wildman–Crippen MR) is 65.0 cm³/mol. The maximum absolute atomic E-state index is 13.4. The van der Waals surface area contributed by atoms with Crippen LogP contribution in [0.15, 0.2) is 12.1 Å². The highest BCUT2D eigenvalue weighted by atomic mass is 19.1. The normalized spacial score (nSPS) is 12.6. The lowest BCUT2D eigenvalue weighted by Gasteiger charge is -2.17. The molecular weight excluding hydrogens is 221 g/mol. The van der Waals surface area contributed by atoms with Crippen LogP contribution in [0.25, 0.3) is 0 Å². The molecule has 0 aliphatic rings. The third-order valence-electron chi connectivity index (χ3n) is 2.58. The maximum atomic E-state index is 13.4. The number of hydrogen-bond acceptors (Lipinski definition) is 3. The smallest absolute Gasteiger partial charge is 0.179 e. The number of ether oxygens (including phenoxy) is 1. The van der Waals surface area contributed by atoms with E-state index in [0.29, 0.717) is 16.9 Å². The first-order chi connectivity index (χ1) is 7.88. The molecule has 94 valence electrons. The summed E-state index contributed by atoms with van der Waals surface area (Å²) in [6, 6.07) is 1.86. The summed E-state index contributed by atoms with van der Waals surface area (Å²) in [6.45, 7) is 5.44. The number of halogens is 1. The van der Waals surface area contributed by atoms with Crippen molar-refractivity contribution in [1.29, 1.82) is 0 Å². The van der Waals surface area contributed by atoms with Crippen molar-refractivity contribution in [2.24, 2.45) is 5.73 Å². The summed E-state index contributed by atoms with van der Waals surface area (Å²) >= 11 is 0. The molecule has 0 amide bonds. The summed E-state index contributed by atoms with van der Waals surface area (Å²) in [5.41, 5.74) is 6.58. The first-order valence-corrected chi connectivity index (χ1v) is 5.55. The maximum Gasteiger partial charge on any atom is 0.179 e. The van der Waals surface area contributed by atoms with Crippen molar-refractivity contribution in [3.8, 4) is 5.75 Å². The van der Waals surface area contributed by atoms with Gasteiger partial charge in [-0.2, -0.15) is 0 Å². The van der Waals surface area contributed by atoms with Crippen LogP contribution in [0.1, 0.15) is 42.6 Å². The van der Waals surface area contributed by atoms with Crippen molar-refractivity contribution in [1.82, 2.24) is 0 Å². The van der Waals surface area contributed by atoms with Gasteiger partial charge in [-0.1, -0.05) is 13.8 Å². The molecule has 0 aliphatic heterocycles. The van der Waals surface area contributed by atoms with Gasteiger partial charge in [-0.05, 0) is 18.9 Å². The van der Waals surface area contributed by atoms with Gasteiger partial charge in [0.1, 0.15) is 11.6 Å². The van der Waals surface area contributed by atoms with Crippen LogP contribution < -0.4 is 10.5 Å². The highest BCUT2D eigenvalue weighted by molar-refractivity contribution is 6.01. The highest BCUT2D eigenvalue weighted by Crippen LogP contribution is 2.31. The average Bonchev–Trinajstić information content (AvgIpc) is 2.25. The van der Waals surface area contributed by atoms with Crippen LogP contribution in [0.3, 0.4) is 0 Å². The Labute approximate surface area is 101 Å². The fourth-order valence-corrected chi connectivity index (χ4v) is 1.81. The molecule has 1 aromatic rings. The second-order valence-corrected chi connectivity index (χ2v) is 4.38. The summed E-state index contributed by atoms with van der Waals surface area (Å²) < 4.78 is 18.5. The molecule has 0 heterocycles. The number of methoxy groups -OCH3 is 1. The molecule has 1 rings (SSSR count). The molecule has 4 heteroatoms. The first kappa shape index (κ1) is 13.6. The fourth-order valence-electron chi connectivity index (χ4n) is 1.81. The minimum atomic E-state index is -0.654. The Morgan fingerprint density at radius 2 is 1.94 bits per heavy atom. The average molecular weight is 239 g/mol. The molecule has 0 saturated carbocycles. The van der Waals surface area contributed by atoms with Crippen molar-refractivity contribution in [2.45, 2.75) is 32.7 Å². The molecular formula is C13H18FNO2. The number of hydrogen-bond donors (Lipinski definition) is 1. The second kappa shape index (κ2) is 5.27. The van der Waals surface area contributed by atoms with Crippen LogP contribution in [-0.2, 0) is 0 Å². The molecule has 1 aromatic carbocycles.